The molecule has 0 fully saturated rings. The molecule has 1 aromatic heterocycles. The van der Waals surface area contributed by atoms with Crippen LogP contribution in [0.15, 0.2) is 35.7 Å². The molecule has 0 spiro atoms. The fourth-order valence-electron chi connectivity index (χ4n) is 4.99. The number of imidazole rings is 1. The summed E-state index contributed by atoms with van der Waals surface area (Å²) in [5, 5.41) is 9.89. The van der Waals surface area contributed by atoms with Gasteiger partial charge < -0.3 is 28.9 Å². The zero-order chi connectivity index (χ0) is 34.2. The van der Waals surface area contributed by atoms with Crippen molar-refractivity contribution in [1.82, 2.24) is 19.4 Å². The molecule has 46 heavy (non-hydrogen) atoms. The molecule has 2 heterocycles. The van der Waals surface area contributed by atoms with E-state index in [1.165, 1.54) is 52.1 Å². The smallest absolute Gasteiger partial charge is 0.389 e. The maximum Gasteiger partial charge on any atom is 0.389 e. The first-order valence-corrected chi connectivity index (χ1v) is 16.6. The van der Waals surface area contributed by atoms with Crippen LogP contribution in [0.2, 0.25) is 0 Å². The topological polar surface area (TPSA) is 143 Å². The third-order valence-electron chi connectivity index (χ3n) is 7.76. The molecule has 0 radical (unpaired) electrons. The van der Waals surface area contributed by atoms with Crippen LogP contribution >= 0.6 is 0 Å². The minimum Gasteiger partial charge on any atom is -0.490 e. The number of rotatable bonds is 9. The number of hydrogen-bond donors (Lipinski definition) is 2. The first kappa shape index (κ1) is 37.1. The lowest BCUT2D eigenvalue weighted by Crippen LogP contribution is -2.48. The number of ether oxygens (including phenoxy) is 2. The number of sulfonamides is 1. The average Bonchev–Trinajstić information content (AvgIpc) is 3.44. The van der Waals surface area contributed by atoms with Gasteiger partial charge in [0.05, 0.1) is 43.2 Å². The van der Waals surface area contributed by atoms with E-state index in [2.05, 4.69) is 9.71 Å². The summed E-state index contributed by atoms with van der Waals surface area (Å²) in [5.41, 5.74) is 0.162. The number of anilines is 1. The van der Waals surface area contributed by atoms with E-state index in [0.717, 1.165) is 0 Å². The molecular formula is C30H44F3N5O7S. The SMILES string of the molecule is C[C@@H]1CCCCO[C@H](CN(C)C(=O)CCC(F)(F)F)[C@@H](C)CN([C@@H](C)CO)C(=O)c2cc(NS(=O)(=O)c3cn(C)cn3)ccc2O1. The summed E-state index contributed by atoms with van der Waals surface area (Å²) in [6, 6.07) is 3.69. The number of halogens is 3. The molecule has 4 atom stereocenters. The predicted molar refractivity (Wildman–Crippen MR) is 164 cm³/mol. The Kier molecular flexibility index (Phi) is 12.9. The Morgan fingerprint density at radius 1 is 1.26 bits per heavy atom. The van der Waals surface area contributed by atoms with E-state index in [1.54, 1.807) is 20.9 Å². The second-order valence-corrected chi connectivity index (χ2v) is 13.5. The minimum atomic E-state index is -4.46. The molecule has 0 saturated heterocycles. The number of amides is 2. The van der Waals surface area contributed by atoms with Crippen molar-refractivity contribution in [2.45, 2.75) is 82.3 Å². The first-order chi connectivity index (χ1) is 21.5. The molecule has 2 aromatic rings. The van der Waals surface area contributed by atoms with Crippen molar-refractivity contribution < 1.29 is 45.8 Å². The van der Waals surface area contributed by atoms with Gasteiger partial charge in [0.1, 0.15) is 5.75 Å². The van der Waals surface area contributed by atoms with Crippen LogP contribution < -0.4 is 9.46 Å². The molecule has 2 N–H and O–H groups in total. The van der Waals surface area contributed by atoms with Crippen LogP contribution in [0.25, 0.3) is 0 Å². The maximum atomic E-state index is 14.2. The van der Waals surface area contributed by atoms with Gasteiger partial charge in [-0.3, -0.25) is 14.3 Å². The minimum absolute atomic E-state index is 0.00292. The number of aliphatic hydroxyl groups excluding tert-OH is 1. The number of nitrogens with one attached hydrogen (secondary N) is 1. The molecule has 1 aromatic carbocycles. The number of fused-ring (bicyclic) bond motifs is 1. The van der Waals surface area contributed by atoms with E-state index in [4.69, 9.17) is 9.47 Å². The molecule has 0 aliphatic carbocycles. The van der Waals surface area contributed by atoms with Crippen LogP contribution in [0.1, 0.15) is 63.2 Å². The first-order valence-electron chi connectivity index (χ1n) is 15.2. The summed E-state index contributed by atoms with van der Waals surface area (Å²) in [5.74, 6) is -1.40. The number of alkyl halides is 3. The molecule has 1 aliphatic rings. The lowest BCUT2D eigenvalue weighted by Gasteiger charge is -2.36. The third kappa shape index (κ3) is 10.6. The number of likely N-dealkylation sites (N-methyl/N-ethyl adjacent to an activating group) is 1. The van der Waals surface area contributed by atoms with E-state index in [0.29, 0.717) is 25.9 Å². The van der Waals surface area contributed by atoms with Crippen molar-refractivity contribution in [1.29, 1.82) is 0 Å². The predicted octanol–water partition coefficient (Wildman–Crippen LogP) is 3.82. The third-order valence-corrected chi connectivity index (χ3v) is 9.03. The van der Waals surface area contributed by atoms with E-state index >= 15 is 0 Å². The van der Waals surface area contributed by atoms with Gasteiger partial charge >= 0.3 is 6.18 Å². The summed E-state index contributed by atoms with van der Waals surface area (Å²) in [6.07, 6.45) is -2.67. The molecule has 16 heteroatoms. The van der Waals surface area contributed by atoms with Gasteiger partial charge in [0.15, 0.2) is 5.03 Å². The van der Waals surface area contributed by atoms with Crippen molar-refractivity contribution in [2.24, 2.45) is 13.0 Å². The Hall–Kier alpha value is -3.37. The monoisotopic (exact) mass is 675 g/mol. The number of aliphatic hydroxyl groups is 1. The van der Waals surface area contributed by atoms with Crippen LogP contribution in [0.4, 0.5) is 18.9 Å². The molecule has 0 saturated carbocycles. The van der Waals surface area contributed by atoms with Crippen molar-refractivity contribution in [3.63, 3.8) is 0 Å². The van der Waals surface area contributed by atoms with Crippen LogP contribution in [-0.4, -0.2) is 102 Å². The second-order valence-electron chi connectivity index (χ2n) is 11.9. The van der Waals surface area contributed by atoms with E-state index < -0.39 is 65.5 Å². The lowest BCUT2D eigenvalue weighted by atomic mass is 10.0. The summed E-state index contributed by atoms with van der Waals surface area (Å²) in [6.45, 7) is 5.28. The molecular weight excluding hydrogens is 631 g/mol. The zero-order valence-electron chi connectivity index (χ0n) is 26.8. The Labute approximate surface area is 267 Å². The van der Waals surface area contributed by atoms with Crippen LogP contribution in [-0.2, 0) is 26.6 Å². The van der Waals surface area contributed by atoms with Crippen molar-refractivity contribution in [3.05, 3.63) is 36.3 Å². The van der Waals surface area contributed by atoms with Crippen LogP contribution in [0.5, 0.6) is 5.75 Å². The molecule has 0 unspecified atom stereocenters. The summed E-state index contributed by atoms with van der Waals surface area (Å²) >= 11 is 0. The second kappa shape index (κ2) is 16.0. The fourth-order valence-corrected chi connectivity index (χ4v) is 6.03. The van der Waals surface area contributed by atoms with E-state index in [-0.39, 0.29) is 41.2 Å². The van der Waals surface area contributed by atoms with Gasteiger partial charge in [-0.2, -0.15) is 21.6 Å². The Bertz CT molecular complexity index is 1440. The molecule has 12 nitrogen and oxygen atoms in total. The molecule has 258 valence electrons. The van der Waals surface area contributed by atoms with Crippen molar-refractivity contribution >= 4 is 27.5 Å². The highest BCUT2D eigenvalue weighted by Gasteiger charge is 2.33. The van der Waals surface area contributed by atoms with Gasteiger partial charge in [0, 0.05) is 58.0 Å². The quantitative estimate of drug-likeness (QED) is 0.409. The highest BCUT2D eigenvalue weighted by atomic mass is 32.2. The number of aromatic nitrogens is 2. The van der Waals surface area contributed by atoms with Gasteiger partial charge in [-0.1, -0.05) is 6.92 Å². The molecule has 0 bridgehead atoms. The van der Waals surface area contributed by atoms with Gasteiger partial charge in [0.25, 0.3) is 15.9 Å². The lowest BCUT2D eigenvalue weighted by molar-refractivity contribution is -0.149. The summed E-state index contributed by atoms with van der Waals surface area (Å²) in [4.78, 5) is 33.2. The maximum absolute atomic E-state index is 14.2. The van der Waals surface area contributed by atoms with Gasteiger partial charge in [0.2, 0.25) is 5.91 Å². The standard InChI is InChI=1S/C30H44F3N5O7S/c1-20-15-38(21(2)18-39)29(41)24-14-23(35-46(42,43)27-17-36(4)19-34-27)9-10-25(24)45-22(3)8-6-7-13-44-26(20)16-37(5)28(40)11-12-30(31,32)33/h9-10,14,17,19-22,26,35,39H,6-8,11-13,15-16,18H2,1-5H3/t20-,21-,22+,26+/m0/s1. The number of carbonyl (C=O) groups is 2. The fraction of sp³-hybridized carbons (Fsp3) is 0.633. The number of carbonyl (C=O) groups excluding carboxylic acids is 2. The van der Waals surface area contributed by atoms with Crippen molar-refractivity contribution in [3.8, 4) is 5.75 Å². The largest absolute Gasteiger partial charge is 0.490 e. The Morgan fingerprint density at radius 3 is 2.61 bits per heavy atom. The highest BCUT2D eigenvalue weighted by molar-refractivity contribution is 7.92. The van der Waals surface area contributed by atoms with Gasteiger partial charge in [-0.05, 0) is 51.3 Å². The highest BCUT2D eigenvalue weighted by Crippen LogP contribution is 2.29. The number of nitrogens with zero attached hydrogens (tertiary/aromatic N) is 4. The summed E-state index contributed by atoms with van der Waals surface area (Å²) in [7, 11) is -1.03. The van der Waals surface area contributed by atoms with Crippen LogP contribution in [0, 0.1) is 5.92 Å². The molecule has 1 aliphatic heterocycles. The van der Waals surface area contributed by atoms with E-state index in [9.17, 15) is 36.3 Å². The van der Waals surface area contributed by atoms with Crippen molar-refractivity contribution in [2.75, 3.05) is 38.1 Å². The van der Waals surface area contributed by atoms with E-state index in [1.807, 2.05) is 6.92 Å². The zero-order valence-corrected chi connectivity index (χ0v) is 27.6. The number of hydrogen-bond acceptors (Lipinski definition) is 8. The number of aryl methyl sites for hydroxylation is 1. The normalized spacial score (nSPS) is 21.1. The molecule has 2 amide bonds. The summed E-state index contributed by atoms with van der Waals surface area (Å²) < 4.78 is 80.4. The molecule has 3 rings (SSSR count). The van der Waals surface area contributed by atoms with Gasteiger partial charge in [-0.25, -0.2) is 4.98 Å². The Morgan fingerprint density at radius 2 is 1.98 bits per heavy atom. The van der Waals surface area contributed by atoms with Gasteiger partial charge in [-0.15, -0.1) is 0 Å². The number of benzene rings is 1. The Balaban J connectivity index is 1.95. The van der Waals surface area contributed by atoms with Crippen LogP contribution in [0.3, 0.4) is 0 Å². The average molecular weight is 676 g/mol.